The molecular weight excluding hydrogens is 254 g/mol. The molecule has 2 aromatic rings. The molecule has 0 fully saturated rings. The number of nitrogens with zero attached hydrogens (tertiary/aromatic N) is 1. The fourth-order valence-electron chi connectivity index (χ4n) is 2.26. The van der Waals surface area contributed by atoms with Crippen molar-refractivity contribution < 1.29 is 0 Å². The van der Waals surface area contributed by atoms with Crippen LogP contribution in [0.5, 0.6) is 0 Å². The quantitative estimate of drug-likeness (QED) is 0.629. The molecule has 0 amide bonds. The minimum absolute atomic E-state index is 0.154. The summed E-state index contributed by atoms with van der Waals surface area (Å²) in [4.78, 5) is 6.99. The molecule has 2 rings (SSSR count). The van der Waals surface area contributed by atoms with Gasteiger partial charge in [-0.1, -0.05) is 13.8 Å². The van der Waals surface area contributed by atoms with Crippen LogP contribution in [0.15, 0.2) is 30.6 Å². The van der Waals surface area contributed by atoms with E-state index in [9.17, 15) is 0 Å². The van der Waals surface area contributed by atoms with E-state index in [1.165, 1.54) is 20.9 Å². The predicted octanol–water partition coefficient (Wildman–Crippen LogP) is 3.02. The summed E-state index contributed by atoms with van der Waals surface area (Å²) in [6.45, 7) is 4.33. The molecule has 0 saturated heterocycles. The molecule has 0 radical (unpaired) electrons. The van der Waals surface area contributed by atoms with Gasteiger partial charge in [-0.2, -0.15) is 0 Å². The number of aryl methyl sites for hydroxylation is 2. The lowest BCUT2D eigenvalue weighted by molar-refractivity contribution is 0.550. The van der Waals surface area contributed by atoms with Crippen LogP contribution < -0.4 is 11.3 Å². The van der Waals surface area contributed by atoms with Crippen LogP contribution in [0.4, 0.5) is 0 Å². The zero-order valence-electron chi connectivity index (χ0n) is 11.5. The molecule has 0 spiro atoms. The molecule has 4 heteroatoms. The summed E-state index contributed by atoms with van der Waals surface area (Å²) in [5.41, 5.74) is 5.47. The molecule has 1 unspecified atom stereocenters. The number of hydrazine groups is 1. The van der Waals surface area contributed by atoms with Crippen molar-refractivity contribution in [1.82, 2.24) is 10.4 Å². The first-order chi connectivity index (χ1) is 9.28. The topological polar surface area (TPSA) is 50.9 Å². The molecule has 0 bridgehead atoms. The number of hydrogen-bond donors (Lipinski definition) is 2. The highest BCUT2D eigenvalue weighted by Gasteiger charge is 2.15. The Bertz CT molecular complexity index is 522. The van der Waals surface area contributed by atoms with Crippen molar-refractivity contribution in [3.63, 3.8) is 0 Å². The van der Waals surface area contributed by atoms with Crippen LogP contribution in [0.25, 0.3) is 0 Å². The van der Waals surface area contributed by atoms with Crippen LogP contribution in [0.2, 0.25) is 0 Å². The van der Waals surface area contributed by atoms with Gasteiger partial charge in [0.05, 0.1) is 6.04 Å². The summed E-state index contributed by atoms with van der Waals surface area (Å²) >= 11 is 1.87. The fourth-order valence-corrected chi connectivity index (χ4v) is 3.26. The van der Waals surface area contributed by atoms with Crippen molar-refractivity contribution in [1.29, 1.82) is 0 Å². The molecule has 102 valence electrons. The lowest BCUT2D eigenvalue weighted by Crippen LogP contribution is -2.30. The molecule has 19 heavy (non-hydrogen) atoms. The molecule has 3 N–H and O–H groups in total. The molecule has 0 aliphatic carbocycles. The number of rotatable bonds is 6. The van der Waals surface area contributed by atoms with E-state index in [4.69, 9.17) is 5.84 Å². The van der Waals surface area contributed by atoms with Crippen molar-refractivity contribution in [3.05, 3.63) is 51.5 Å². The van der Waals surface area contributed by atoms with Gasteiger partial charge < -0.3 is 0 Å². The SMILES string of the molecule is CCc1ccc(CC(NN)c2ccncc2CC)s1. The lowest BCUT2D eigenvalue weighted by atomic mass is 9.98. The second-order valence-corrected chi connectivity index (χ2v) is 5.83. The third-order valence-electron chi connectivity index (χ3n) is 3.37. The highest BCUT2D eigenvalue weighted by Crippen LogP contribution is 2.25. The van der Waals surface area contributed by atoms with Gasteiger partial charge >= 0.3 is 0 Å². The second kappa shape index (κ2) is 6.80. The van der Waals surface area contributed by atoms with Gasteiger partial charge in [0, 0.05) is 28.6 Å². The molecule has 3 nitrogen and oxygen atoms in total. The monoisotopic (exact) mass is 275 g/mol. The second-order valence-electron chi connectivity index (χ2n) is 4.57. The number of thiophene rings is 1. The van der Waals surface area contributed by atoms with Crippen LogP contribution in [0.1, 0.15) is 40.8 Å². The third kappa shape index (κ3) is 3.41. The summed E-state index contributed by atoms with van der Waals surface area (Å²) in [5, 5.41) is 0. The summed E-state index contributed by atoms with van der Waals surface area (Å²) in [7, 11) is 0. The maximum atomic E-state index is 5.75. The summed E-state index contributed by atoms with van der Waals surface area (Å²) in [6.07, 6.45) is 6.78. The maximum Gasteiger partial charge on any atom is 0.0511 e. The predicted molar refractivity (Wildman–Crippen MR) is 81.1 cm³/mol. The Balaban J connectivity index is 2.19. The number of nitrogens with one attached hydrogen (secondary N) is 1. The highest BCUT2D eigenvalue weighted by atomic mass is 32.1. The van der Waals surface area contributed by atoms with Crippen molar-refractivity contribution in [2.24, 2.45) is 5.84 Å². The zero-order chi connectivity index (χ0) is 13.7. The third-order valence-corrected chi connectivity index (χ3v) is 4.62. The fraction of sp³-hybridized carbons (Fsp3) is 0.400. The first kappa shape index (κ1) is 14.2. The van der Waals surface area contributed by atoms with E-state index in [1.54, 1.807) is 0 Å². The smallest absolute Gasteiger partial charge is 0.0511 e. The van der Waals surface area contributed by atoms with E-state index < -0.39 is 0 Å². The number of pyridine rings is 1. The van der Waals surface area contributed by atoms with Gasteiger partial charge in [0.15, 0.2) is 0 Å². The highest BCUT2D eigenvalue weighted by molar-refractivity contribution is 7.11. The Labute approximate surface area is 118 Å². The van der Waals surface area contributed by atoms with Crippen molar-refractivity contribution in [3.8, 4) is 0 Å². The first-order valence-corrected chi connectivity index (χ1v) is 7.56. The van der Waals surface area contributed by atoms with Gasteiger partial charge in [-0.15, -0.1) is 11.3 Å². The van der Waals surface area contributed by atoms with E-state index in [2.05, 4.69) is 42.5 Å². The Hall–Kier alpha value is -1.23. The summed E-state index contributed by atoms with van der Waals surface area (Å²) in [6, 6.07) is 6.64. The molecular formula is C15H21N3S. The van der Waals surface area contributed by atoms with Crippen LogP contribution in [-0.4, -0.2) is 4.98 Å². The summed E-state index contributed by atoms with van der Waals surface area (Å²) < 4.78 is 0. The van der Waals surface area contributed by atoms with Gasteiger partial charge in [0.1, 0.15) is 0 Å². The number of hydrogen-bond acceptors (Lipinski definition) is 4. The van der Waals surface area contributed by atoms with Gasteiger partial charge in [0.25, 0.3) is 0 Å². The normalized spacial score (nSPS) is 12.6. The van der Waals surface area contributed by atoms with Crippen molar-refractivity contribution in [2.75, 3.05) is 0 Å². The molecule has 0 aliphatic heterocycles. The standard InChI is InChI=1S/C15H21N3S/c1-3-11-10-17-8-7-14(11)15(18-16)9-13-6-5-12(4-2)19-13/h5-8,10,15,18H,3-4,9,16H2,1-2H3. The van der Waals surface area contributed by atoms with Crippen LogP contribution in [-0.2, 0) is 19.3 Å². The number of nitrogens with two attached hydrogens (primary N) is 1. The molecule has 0 aromatic carbocycles. The minimum atomic E-state index is 0.154. The molecule has 0 aliphatic rings. The maximum absolute atomic E-state index is 5.75. The van der Waals surface area contributed by atoms with Crippen molar-refractivity contribution in [2.45, 2.75) is 39.2 Å². The van der Waals surface area contributed by atoms with Gasteiger partial charge in [-0.05, 0) is 42.2 Å². The van der Waals surface area contributed by atoms with Gasteiger partial charge in [-0.25, -0.2) is 0 Å². The lowest BCUT2D eigenvalue weighted by Gasteiger charge is -2.18. The van der Waals surface area contributed by atoms with Gasteiger partial charge in [-0.3, -0.25) is 16.3 Å². The molecule has 2 heterocycles. The summed E-state index contributed by atoms with van der Waals surface area (Å²) in [5.74, 6) is 5.75. The van der Waals surface area contributed by atoms with E-state index in [0.29, 0.717) is 0 Å². The van der Waals surface area contributed by atoms with E-state index in [-0.39, 0.29) is 6.04 Å². The molecule has 0 saturated carbocycles. The first-order valence-electron chi connectivity index (χ1n) is 6.75. The largest absolute Gasteiger partial charge is 0.271 e. The van der Waals surface area contributed by atoms with Crippen LogP contribution in [0, 0.1) is 0 Å². The van der Waals surface area contributed by atoms with E-state index in [1.807, 2.05) is 23.7 Å². The van der Waals surface area contributed by atoms with Gasteiger partial charge in [0.2, 0.25) is 0 Å². The molecule has 1 atom stereocenters. The van der Waals surface area contributed by atoms with E-state index >= 15 is 0 Å². The average Bonchev–Trinajstić information content (AvgIpc) is 2.92. The van der Waals surface area contributed by atoms with Crippen LogP contribution in [0.3, 0.4) is 0 Å². The van der Waals surface area contributed by atoms with E-state index in [0.717, 1.165) is 19.3 Å². The Morgan fingerprint density at radius 2 is 2.00 bits per heavy atom. The Morgan fingerprint density at radius 1 is 1.21 bits per heavy atom. The van der Waals surface area contributed by atoms with Crippen LogP contribution >= 0.6 is 11.3 Å². The average molecular weight is 275 g/mol. The zero-order valence-corrected chi connectivity index (χ0v) is 12.3. The van der Waals surface area contributed by atoms with Crippen molar-refractivity contribution >= 4 is 11.3 Å². The minimum Gasteiger partial charge on any atom is -0.271 e. The Kier molecular flexibility index (Phi) is 5.07. The number of aromatic nitrogens is 1. The Morgan fingerprint density at radius 3 is 2.63 bits per heavy atom. The molecule has 2 aromatic heterocycles.